The van der Waals surface area contributed by atoms with Crippen molar-refractivity contribution in [2.24, 2.45) is 0 Å². The molecule has 2 heterocycles. The Bertz CT molecular complexity index is 2940. The second kappa shape index (κ2) is 13.0. The van der Waals surface area contributed by atoms with Gasteiger partial charge in [0, 0.05) is 42.2 Å². The van der Waals surface area contributed by atoms with Crippen molar-refractivity contribution in [1.29, 1.82) is 0 Å². The van der Waals surface area contributed by atoms with E-state index in [-0.39, 0.29) is 10.8 Å². The van der Waals surface area contributed by atoms with Gasteiger partial charge in [-0.2, -0.15) is 0 Å². The molecule has 0 spiro atoms. The molecule has 2 aromatic heterocycles. The SMILES string of the molecule is CC(C)c1cc2sc3cc4c(cc3c2cc1N(c1ccc(-c2ccccc2)cc1)c1ccccc1-c1ccc2c(c1)oc1ccccc12)C(C)(C)CCC4(C)C. The molecule has 7 aromatic carbocycles. The first-order chi connectivity index (χ1) is 27.1. The van der Waals surface area contributed by atoms with Crippen LogP contribution in [0.4, 0.5) is 17.1 Å². The molecule has 56 heavy (non-hydrogen) atoms. The van der Waals surface area contributed by atoms with Crippen molar-refractivity contribution in [2.45, 2.75) is 71.1 Å². The van der Waals surface area contributed by atoms with E-state index in [4.69, 9.17) is 4.42 Å². The highest BCUT2D eigenvalue weighted by Gasteiger charge is 2.37. The van der Waals surface area contributed by atoms with Crippen molar-refractivity contribution in [1.82, 2.24) is 0 Å². The van der Waals surface area contributed by atoms with Crippen LogP contribution >= 0.6 is 11.3 Å². The molecule has 9 aromatic rings. The monoisotopic (exact) mass is 745 g/mol. The van der Waals surface area contributed by atoms with Crippen LogP contribution in [0.5, 0.6) is 0 Å². The number of hydrogen-bond donors (Lipinski definition) is 0. The normalized spacial score (nSPS) is 14.9. The molecule has 0 fully saturated rings. The Morgan fingerprint density at radius 3 is 1.89 bits per heavy atom. The first kappa shape index (κ1) is 34.8. The van der Waals surface area contributed by atoms with Crippen LogP contribution in [-0.4, -0.2) is 0 Å². The van der Waals surface area contributed by atoms with Crippen LogP contribution in [0, 0.1) is 0 Å². The van der Waals surface area contributed by atoms with Crippen LogP contribution in [0.2, 0.25) is 0 Å². The number of fused-ring (bicyclic) bond motifs is 7. The van der Waals surface area contributed by atoms with Gasteiger partial charge in [0.25, 0.3) is 0 Å². The Morgan fingerprint density at radius 1 is 0.518 bits per heavy atom. The highest BCUT2D eigenvalue weighted by atomic mass is 32.1. The molecule has 3 heteroatoms. The zero-order valence-electron chi connectivity index (χ0n) is 33.1. The lowest BCUT2D eigenvalue weighted by Crippen LogP contribution is -2.33. The van der Waals surface area contributed by atoms with Gasteiger partial charge in [0.15, 0.2) is 0 Å². The minimum absolute atomic E-state index is 0.139. The number of benzene rings is 7. The summed E-state index contributed by atoms with van der Waals surface area (Å²) in [6, 6.07) is 53.8. The maximum atomic E-state index is 6.42. The molecule has 0 saturated heterocycles. The van der Waals surface area contributed by atoms with Crippen molar-refractivity contribution in [2.75, 3.05) is 4.90 Å². The number of hydrogen-bond acceptors (Lipinski definition) is 3. The fourth-order valence-corrected chi connectivity index (χ4v) is 10.3. The van der Waals surface area contributed by atoms with Gasteiger partial charge in [0.05, 0.1) is 11.4 Å². The van der Waals surface area contributed by atoms with E-state index in [1.165, 1.54) is 66.5 Å². The second-order valence-electron chi connectivity index (χ2n) is 17.4. The van der Waals surface area contributed by atoms with Gasteiger partial charge in [-0.3, -0.25) is 0 Å². The van der Waals surface area contributed by atoms with Gasteiger partial charge in [-0.05, 0) is 124 Å². The summed E-state index contributed by atoms with van der Waals surface area (Å²) in [6.45, 7) is 14.4. The third-order valence-electron chi connectivity index (χ3n) is 12.5. The number of nitrogens with zero attached hydrogens (tertiary/aromatic N) is 1. The Kier molecular flexibility index (Phi) is 8.06. The first-order valence-corrected chi connectivity index (χ1v) is 20.9. The van der Waals surface area contributed by atoms with Crippen LogP contribution in [0.15, 0.2) is 150 Å². The summed E-state index contributed by atoms with van der Waals surface area (Å²) < 4.78 is 9.16. The van der Waals surface area contributed by atoms with E-state index in [9.17, 15) is 0 Å². The molecule has 0 radical (unpaired) electrons. The number of rotatable bonds is 6. The van der Waals surface area contributed by atoms with Gasteiger partial charge in [-0.15, -0.1) is 11.3 Å². The predicted octanol–water partition coefficient (Wildman–Crippen LogP) is 16.2. The summed E-state index contributed by atoms with van der Waals surface area (Å²) >= 11 is 1.95. The van der Waals surface area contributed by atoms with Gasteiger partial charge in [0.2, 0.25) is 0 Å². The summed E-state index contributed by atoms with van der Waals surface area (Å²) in [5.74, 6) is 0.302. The smallest absolute Gasteiger partial charge is 0.136 e. The number of anilines is 3. The van der Waals surface area contributed by atoms with Gasteiger partial charge in [-0.1, -0.05) is 126 Å². The Hall–Kier alpha value is -5.64. The molecule has 0 atom stereocenters. The largest absolute Gasteiger partial charge is 0.456 e. The molecule has 10 rings (SSSR count). The maximum absolute atomic E-state index is 6.42. The summed E-state index contributed by atoms with van der Waals surface area (Å²) in [6.07, 6.45) is 2.42. The Morgan fingerprint density at radius 2 is 1.12 bits per heavy atom. The maximum Gasteiger partial charge on any atom is 0.136 e. The second-order valence-corrected chi connectivity index (χ2v) is 18.5. The molecular weight excluding hydrogens is 699 g/mol. The quantitative estimate of drug-likeness (QED) is 0.168. The van der Waals surface area contributed by atoms with Crippen LogP contribution in [0.1, 0.15) is 77.0 Å². The minimum atomic E-state index is 0.139. The average molecular weight is 746 g/mol. The Balaban J connectivity index is 1.22. The van der Waals surface area contributed by atoms with Gasteiger partial charge < -0.3 is 9.32 Å². The molecule has 0 amide bonds. The number of para-hydroxylation sites is 2. The summed E-state index contributed by atoms with van der Waals surface area (Å²) in [7, 11) is 0. The first-order valence-electron chi connectivity index (χ1n) is 20.1. The fourth-order valence-electron chi connectivity index (χ4n) is 9.19. The fraction of sp³-hybridized carbons (Fsp3) is 0.208. The number of thiophene rings is 1. The molecular formula is C53H47NOS. The molecule has 0 N–H and O–H groups in total. The zero-order chi connectivity index (χ0) is 38.3. The lowest BCUT2D eigenvalue weighted by molar-refractivity contribution is 0.332. The van der Waals surface area contributed by atoms with Crippen molar-refractivity contribution in [3.63, 3.8) is 0 Å². The minimum Gasteiger partial charge on any atom is -0.456 e. The van der Waals surface area contributed by atoms with Crippen LogP contribution in [-0.2, 0) is 10.8 Å². The van der Waals surface area contributed by atoms with E-state index in [1.54, 1.807) is 0 Å². The molecule has 0 aliphatic heterocycles. The van der Waals surface area contributed by atoms with Crippen molar-refractivity contribution in [3.05, 3.63) is 162 Å². The van der Waals surface area contributed by atoms with E-state index >= 15 is 0 Å². The molecule has 1 aliphatic rings. The lowest BCUT2D eigenvalue weighted by Gasteiger charge is -2.41. The zero-order valence-corrected chi connectivity index (χ0v) is 33.9. The van der Waals surface area contributed by atoms with Crippen LogP contribution in [0.25, 0.3) is 64.4 Å². The molecule has 276 valence electrons. The van der Waals surface area contributed by atoms with E-state index in [0.717, 1.165) is 44.4 Å². The molecule has 2 nitrogen and oxygen atoms in total. The number of furan rings is 1. The van der Waals surface area contributed by atoms with Crippen molar-refractivity contribution >= 4 is 70.5 Å². The van der Waals surface area contributed by atoms with Gasteiger partial charge in [0.1, 0.15) is 11.2 Å². The summed E-state index contributed by atoms with van der Waals surface area (Å²) in [4.78, 5) is 2.51. The van der Waals surface area contributed by atoms with Crippen molar-refractivity contribution in [3.8, 4) is 22.3 Å². The average Bonchev–Trinajstić information content (AvgIpc) is 3.77. The molecule has 0 saturated carbocycles. The molecule has 0 unspecified atom stereocenters. The van der Waals surface area contributed by atoms with E-state index in [2.05, 4.69) is 186 Å². The third-order valence-corrected chi connectivity index (χ3v) is 13.6. The Labute approximate surface area is 334 Å². The molecule has 0 bridgehead atoms. The van der Waals surface area contributed by atoms with E-state index in [1.807, 2.05) is 17.4 Å². The molecule has 1 aliphatic carbocycles. The summed E-state index contributed by atoms with van der Waals surface area (Å²) in [5, 5.41) is 4.99. The van der Waals surface area contributed by atoms with Crippen molar-refractivity contribution < 1.29 is 4.42 Å². The topological polar surface area (TPSA) is 16.4 Å². The lowest BCUT2D eigenvalue weighted by atomic mass is 9.63. The van der Waals surface area contributed by atoms with Crippen LogP contribution < -0.4 is 4.90 Å². The third kappa shape index (κ3) is 5.67. The predicted molar refractivity (Wildman–Crippen MR) is 242 cm³/mol. The summed E-state index contributed by atoms with van der Waals surface area (Å²) in [5.41, 5.74) is 14.7. The standard InChI is InChI=1S/C53H47NOS/c1-33(2)41-31-50-43(42-29-44-45(32-51(42)56-50)53(5,6)27-26-52(44,3)4)30-47(41)54(37-23-20-35(21-24-37)34-14-8-7-9-15-34)46-18-12-10-16-38(46)36-22-25-40-39-17-11-13-19-48(39)55-49(40)28-36/h7-25,28-33H,26-27H2,1-6H3. The van der Waals surface area contributed by atoms with E-state index < -0.39 is 0 Å². The van der Waals surface area contributed by atoms with E-state index in [0.29, 0.717) is 5.92 Å². The van der Waals surface area contributed by atoms with Crippen LogP contribution in [0.3, 0.4) is 0 Å². The highest BCUT2D eigenvalue weighted by molar-refractivity contribution is 7.25. The van der Waals surface area contributed by atoms with Gasteiger partial charge in [-0.25, -0.2) is 0 Å². The highest BCUT2D eigenvalue weighted by Crippen LogP contribution is 2.51. The van der Waals surface area contributed by atoms with Gasteiger partial charge >= 0.3 is 0 Å².